The van der Waals surface area contributed by atoms with Crippen molar-refractivity contribution in [3.63, 3.8) is 0 Å². The Bertz CT molecular complexity index is 366. The number of hydrogen-bond donors (Lipinski definition) is 2. The average Bonchev–Trinajstić information content (AvgIpc) is 2.24. The summed E-state index contributed by atoms with van der Waals surface area (Å²) >= 11 is 0. The molecule has 0 amide bonds. The summed E-state index contributed by atoms with van der Waals surface area (Å²) in [5.74, 6) is 0.980. The molecule has 0 unspecified atom stereocenters. The van der Waals surface area contributed by atoms with Crippen LogP contribution in [-0.4, -0.2) is 24.1 Å². The Morgan fingerprint density at radius 3 is 2.12 bits per heavy atom. The zero-order valence-corrected chi connectivity index (χ0v) is 10.6. The van der Waals surface area contributed by atoms with E-state index in [0.29, 0.717) is 0 Å². The molecule has 0 spiro atoms. The van der Waals surface area contributed by atoms with Crippen molar-refractivity contribution in [3.05, 3.63) is 30.3 Å². The van der Waals surface area contributed by atoms with Crippen molar-refractivity contribution in [3.8, 4) is 5.75 Å². The van der Waals surface area contributed by atoms with Gasteiger partial charge >= 0.3 is 10.4 Å². The first kappa shape index (κ1) is 15.9. The Morgan fingerprint density at radius 2 is 1.65 bits per heavy atom. The normalized spacial score (nSPS) is 10.3. The van der Waals surface area contributed by atoms with Crippen LogP contribution in [0.1, 0.15) is 26.2 Å². The van der Waals surface area contributed by atoms with Crippen molar-refractivity contribution >= 4 is 10.4 Å². The van der Waals surface area contributed by atoms with Gasteiger partial charge in [0.05, 0.1) is 6.61 Å². The second-order valence-corrected chi connectivity index (χ2v) is 4.21. The van der Waals surface area contributed by atoms with Crippen molar-refractivity contribution in [2.45, 2.75) is 26.2 Å². The molecule has 6 heteroatoms. The summed E-state index contributed by atoms with van der Waals surface area (Å²) in [7, 11) is -4.67. The van der Waals surface area contributed by atoms with E-state index in [1.165, 1.54) is 12.8 Å². The predicted molar refractivity (Wildman–Crippen MR) is 65.6 cm³/mol. The molecule has 0 saturated carbocycles. The Morgan fingerprint density at radius 1 is 1.12 bits per heavy atom. The lowest BCUT2D eigenvalue weighted by molar-refractivity contribution is 0.306. The number of ether oxygens (including phenoxy) is 1. The fourth-order valence-corrected chi connectivity index (χ4v) is 1.06. The Kier molecular flexibility index (Phi) is 8.39. The fraction of sp³-hybridized carbons (Fsp3) is 0.455. The summed E-state index contributed by atoms with van der Waals surface area (Å²) in [4.78, 5) is 0. The van der Waals surface area contributed by atoms with Gasteiger partial charge < -0.3 is 4.74 Å². The van der Waals surface area contributed by atoms with Crippen molar-refractivity contribution < 1.29 is 22.3 Å². The van der Waals surface area contributed by atoms with Crippen LogP contribution in [0.15, 0.2) is 30.3 Å². The minimum Gasteiger partial charge on any atom is -0.494 e. The molecule has 0 heterocycles. The summed E-state index contributed by atoms with van der Waals surface area (Å²) in [6.07, 6.45) is 3.66. The monoisotopic (exact) mass is 262 g/mol. The van der Waals surface area contributed by atoms with Gasteiger partial charge in [-0.3, -0.25) is 9.11 Å². The van der Waals surface area contributed by atoms with Gasteiger partial charge in [0, 0.05) is 0 Å². The molecule has 0 aliphatic carbocycles. The van der Waals surface area contributed by atoms with Crippen LogP contribution in [0.2, 0.25) is 0 Å². The molecule has 5 nitrogen and oxygen atoms in total. The number of benzene rings is 1. The molecule has 1 aromatic rings. The second-order valence-electron chi connectivity index (χ2n) is 3.32. The van der Waals surface area contributed by atoms with Crippen LogP contribution in [-0.2, 0) is 10.4 Å². The van der Waals surface area contributed by atoms with Gasteiger partial charge in [-0.05, 0) is 18.6 Å². The highest BCUT2D eigenvalue weighted by Crippen LogP contribution is 2.08. The quantitative estimate of drug-likeness (QED) is 0.629. The highest BCUT2D eigenvalue weighted by atomic mass is 32.3. The van der Waals surface area contributed by atoms with E-state index in [4.69, 9.17) is 22.3 Å². The van der Waals surface area contributed by atoms with E-state index < -0.39 is 10.4 Å². The van der Waals surface area contributed by atoms with Crippen molar-refractivity contribution in [2.75, 3.05) is 6.61 Å². The van der Waals surface area contributed by atoms with Crippen LogP contribution in [0.4, 0.5) is 0 Å². The van der Waals surface area contributed by atoms with Gasteiger partial charge in [-0.2, -0.15) is 8.42 Å². The van der Waals surface area contributed by atoms with Gasteiger partial charge in [0.1, 0.15) is 5.75 Å². The molecule has 0 saturated heterocycles. The van der Waals surface area contributed by atoms with Crippen molar-refractivity contribution in [2.24, 2.45) is 0 Å². The fourth-order valence-electron chi connectivity index (χ4n) is 1.06. The smallest absolute Gasteiger partial charge is 0.394 e. The maximum absolute atomic E-state index is 8.74. The minimum absolute atomic E-state index is 0.845. The second kappa shape index (κ2) is 8.98. The molecule has 1 aromatic carbocycles. The lowest BCUT2D eigenvalue weighted by atomic mass is 10.3. The van der Waals surface area contributed by atoms with Crippen LogP contribution in [0.3, 0.4) is 0 Å². The van der Waals surface area contributed by atoms with Crippen LogP contribution < -0.4 is 4.74 Å². The molecule has 2 N–H and O–H groups in total. The summed E-state index contributed by atoms with van der Waals surface area (Å²) in [5, 5.41) is 0. The SMILES string of the molecule is CCCCCOc1ccccc1.O=S(=O)(O)O. The molecular weight excluding hydrogens is 244 g/mol. The van der Waals surface area contributed by atoms with E-state index in [9.17, 15) is 0 Å². The standard InChI is InChI=1S/C11H16O.H2O4S/c1-2-3-7-10-12-11-8-5-4-6-9-11;1-5(2,3)4/h4-6,8-9H,2-3,7,10H2,1H3;(H2,1,2,3,4). The van der Waals surface area contributed by atoms with E-state index in [1.54, 1.807) is 0 Å². The van der Waals surface area contributed by atoms with Crippen LogP contribution in [0, 0.1) is 0 Å². The van der Waals surface area contributed by atoms with Gasteiger partial charge in [-0.15, -0.1) is 0 Å². The highest BCUT2D eigenvalue weighted by molar-refractivity contribution is 7.79. The molecule has 0 atom stereocenters. The average molecular weight is 262 g/mol. The molecular formula is C11H18O5S. The Labute approximate surface area is 102 Å². The minimum atomic E-state index is -4.67. The molecule has 0 fully saturated rings. The van der Waals surface area contributed by atoms with Gasteiger partial charge in [-0.25, -0.2) is 0 Å². The van der Waals surface area contributed by atoms with Crippen LogP contribution in [0.5, 0.6) is 5.75 Å². The zero-order valence-electron chi connectivity index (χ0n) is 9.74. The highest BCUT2D eigenvalue weighted by Gasteiger charge is 1.89. The first-order chi connectivity index (χ1) is 7.93. The van der Waals surface area contributed by atoms with Gasteiger partial charge in [0.2, 0.25) is 0 Å². The molecule has 0 bridgehead atoms. The van der Waals surface area contributed by atoms with Crippen LogP contribution in [0.25, 0.3) is 0 Å². The van der Waals surface area contributed by atoms with Crippen molar-refractivity contribution in [1.82, 2.24) is 0 Å². The summed E-state index contributed by atoms with van der Waals surface area (Å²) in [6, 6.07) is 9.97. The maximum atomic E-state index is 8.74. The lowest BCUT2D eigenvalue weighted by Crippen LogP contribution is -1.96. The third-order valence-electron chi connectivity index (χ3n) is 1.76. The summed E-state index contributed by atoms with van der Waals surface area (Å²) < 4.78 is 37.1. The zero-order chi connectivity index (χ0) is 13.1. The molecule has 0 aromatic heterocycles. The van der Waals surface area contributed by atoms with E-state index in [1.807, 2.05) is 30.3 Å². The number of rotatable bonds is 5. The van der Waals surface area contributed by atoms with Gasteiger partial charge in [0.25, 0.3) is 0 Å². The van der Waals surface area contributed by atoms with E-state index in [0.717, 1.165) is 18.8 Å². The Hall–Kier alpha value is -1.11. The third-order valence-corrected chi connectivity index (χ3v) is 1.76. The van der Waals surface area contributed by atoms with Crippen molar-refractivity contribution in [1.29, 1.82) is 0 Å². The summed E-state index contributed by atoms with van der Waals surface area (Å²) in [6.45, 7) is 3.04. The van der Waals surface area contributed by atoms with Crippen LogP contribution >= 0.6 is 0 Å². The molecule has 1 rings (SSSR count). The molecule has 17 heavy (non-hydrogen) atoms. The molecule has 0 radical (unpaired) electrons. The van der Waals surface area contributed by atoms with Gasteiger partial charge in [0.15, 0.2) is 0 Å². The largest absolute Gasteiger partial charge is 0.494 e. The van der Waals surface area contributed by atoms with E-state index in [-0.39, 0.29) is 0 Å². The number of hydrogen-bond acceptors (Lipinski definition) is 3. The molecule has 0 aliphatic heterocycles. The number of unbranched alkanes of at least 4 members (excludes halogenated alkanes) is 2. The van der Waals surface area contributed by atoms with E-state index in [2.05, 4.69) is 6.92 Å². The molecule has 98 valence electrons. The Balaban J connectivity index is 0.000000437. The maximum Gasteiger partial charge on any atom is 0.394 e. The molecule has 0 aliphatic rings. The summed E-state index contributed by atoms with van der Waals surface area (Å²) in [5.41, 5.74) is 0. The first-order valence-corrected chi connectivity index (χ1v) is 6.71. The lowest BCUT2D eigenvalue weighted by Gasteiger charge is -2.04. The third kappa shape index (κ3) is 14.9. The number of para-hydroxylation sites is 1. The predicted octanol–water partition coefficient (Wildman–Crippen LogP) is 2.60. The topological polar surface area (TPSA) is 83.8 Å². The van der Waals surface area contributed by atoms with E-state index >= 15 is 0 Å². The van der Waals surface area contributed by atoms with Gasteiger partial charge in [-0.1, -0.05) is 38.0 Å². The first-order valence-electron chi connectivity index (χ1n) is 5.31.